The fourth-order valence-corrected chi connectivity index (χ4v) is 4.48. The highest BCUT2D eigenvalue weighted by Crippen LogP contribution is 2.45. The average Bonchev–Trinajstić information content (AvgIpc) is 3.16. The molecule has 7 heteroatoms. The molecule has 1 saturated heterocycles. The molecule has 7 nitrogen and oxygen atoms in total. The maximum atomic E-state index is 14.5. The second-order valence-electron chi connectivity index (χ2n) is 8.23. The third-order valence-corrected chi connectivity index (χ3v) is 6.23. The Labute approximate surface area is 208 Å². The predicted octanol–water partition coefficient (Wildman–Crippen LogP) is 4.29. The number of ketones is 1. The number of amides is 1. The van der Waals surface area contributed by atoms with Crippen molar-refractivity contribution < 1.29 is 9.59 Å². The number of carbonyl (C=O) groups is 2. The molecule has 36 heavy (non-hydrogen) atoms. The van der Waals surface area contributed by atoms with Gasteiger partial charge in [0, 0.05) is 31.1 Å². The summed E-state index contributed by atoms with van der Waals surface area (Å²) in [5, 5.41) is 9.09. The van der Waals surface area contributed by atoms with E-state index < -0.39 is 5.54 Å². The van der Waals surface area contributed by atoms with Crippen LogP contribution in [0, 0.1) is 11.3 Å². The van der Waals surface area contributed by atoms with Crippen molar-refractivity contribution in [2.45, 2.75) is 5.54 Å². The van der Waals surface area contributed by atoms with Crippen LogP contribution in [0.25, 0.3) is 0 Å². The summed E-state index contributed by atoms with van der Waals surface area (Å²) in [6.45, 7) is 0. The number of anilines is 1. The number of rotatable bonds is 5. The van der Waals surface area contributed by atoms with Crippen LogP contribution in [0.5, 0.6) is 0 Å². The molecule has 0 saturated carbocycles. The summed E-state index contributed by atoms with van der Waals surface area (Å²) in [6.07, 6.45) is 4.72. The summed E-state index contributed by atoms with van der Waals surface area (Å²) in [5.74, 6) is -0.211. The fourth-order valence-electron chi connectivity index (χ4n) is 4.48. The van der Waals surface area contributed by atoms with Gasteiger partial charge in [-0.1, -0.05) is 30.3 Å². The molecule has 0 radical (unpaired) electrons. The van der Waals surface area contributed by atoms with Gasteiger partial charge in [-0.3, -0.25) is 24.5 Å². The first-order valence-electron chi connectivity index (χ1n) is 11.3. The minimum absolute atomic E-state index is 0.298. The van der Waals surface area contributed by atoms with Crippen LogP contribution in [0.1, 0.15) is 27.3 Å². The molecule has 2 aromatic heterocycles. The van der Waals surface area contributed by atoms with Gasteiger partial charge in [0.05, 0.1) is 28.7 Å². The molecule has 0 spiro atoms. The molecule has 3 heterocycles. The Morgan fingerprint density at radius 3 is 1.97 bits per heavy atom. The minimum Gasteiger partial charge on any atom is -0.336 e. The van der Waals surface area contributed by atoms with Crippen LogP contribution in [0.4, 0.5) is 5.69 Å². The van der Waals surface area contributed by atoms with Crippen molar-refractivity contribution in [3.05, 3.63) is 138 Å². The van der Waals surface area contributed by atoms with Crippen molar-refractivity contribution in [3.63, 3.8) is 0 Å². The van der Waals surface area contributed by atoms with Crippen LogP contribution >= 0.6 is 0 Å². The van der Waals surface area contributed by atoms with Gasteiger partial charge >= 0.3 is 0 Å². The van der Waals surface area contributed by atoms with E-state index in [0.29, 0.717) is 34.0 Å². The van der Waals surface area contributed by atoms with Crippen LogP contribution in [0.2, 0.25) is 0 Å². The maximum Gasteiger partial charge on any atom is 0.271 e. The smallest absolute Gasteiger partial charge is 0.271 e. The SMILES string of the molecule is CN1C(=CC(=O)c2ccc(C#N)cc2)N(c2ccccc2)C(=O)C1(c1ccccn1)c1ccccn1. The lowest BCUT2D eigenvalue weighted by Crippen LogP contribution is -2.47. The molecule has 1 aliphatic rings. The monoisotopic (exact) mass is 471 g/mol. The van der Waals surface area contributed by atoms with Gasteiger partial charge in [0.2, 0.25) is 5.54 Å². The quantitative estimate of drug-likeness (QED) is 0.319. The van der Waals surface area contributed by atoms with Crippen molar-refractivity contribution in [3.8, 4) is 6.07 Å². The summed E-state index contributed by atoms with van der Waals surface area (Å²) in [7, 11) is 1.77. The number of benzene rings is 2. The van der Waals surface area contributed by atoms with E-state index in [9.17, 15) is 9.59 Å². The number of aromatic nitrogens is 2. The Balaban J connectivity index is 1.73. The molecule has 0 N–H and O–H groups in total. The number of allylic oxidation sites excluding steroid dienone is 1. The average molecular weight is 472 g/mol. The zero-order chi connectivity index (χ0) is 25.1. The second-order valence-corrected chi connectivity index (χ2v) is 8.23. The summed E-state index contributed by atoms with van der Waals surface area (Å²) >= 11 is 0. The Morgan fingerprint density at radius 2 is 1.44 bits per heavy atom. The van der Waals surface area contributed by atoms with Crippen LogP contribution in [0.3, 0.4) is 0 Å². The van der Waals surface area contributed by atoms with Crippen molar-refractivity contribution >= 4 is 17.4 Å². The van der Waals surface area contributed by atoms with E-state index in [-0.39, 0.29) is 11.7 Å². The second kappa shape index (κ2) is 9.28. The van der Waals surface area contributed by atoms with Gasteiger partial charge < -0.3 is 4.90 Å². The summed E-state index contributed by atoms with van der Waals surface area (Å²) in [6, 6.07) is 28.4. The van der Waals surface area contributed by atoms with E-state index in [1.54, 1.807) is 72.9 Å². The third kappa shape index (κ3) is 3.62. The molecule has 0 unspecified atom stereocenters. The molecule has 1 amide bonds. The van der Waals surface area contributed by atoms with Crippen LogP contribution in [-0.4, -0.2) is 33.6 Å². The Bertz CT molecular complexity index is 1440. The lowest BCUT2D eigenvalue weighted by molar-refractivity contribution is -0.123. The summed E-state index contributed by atoms with van der Waals surface area (Å²) in [4.78, 5) is 40.2. The van der Waals surface area contributed by atoms with Crippen LogP contribution in [0.15, 0.2) is 115 Å². The van der Waals surface area contributed by atoms with Gasteiger partial charge in [0.25, 0.3) is 5.91 Å². The molecule has 174 valence electrons. The normalized spacial score (nSPS) is 15.7. The van der Waals surface area contributed by atoms with Crippen molar-refractivity contribution in [2.24, 2.45) is 0 Å². The van der Waals surface area contributed by atoms with Gasteiger partial charge in [-0.05, 0) is 60.7 Å². The van der Waals surface area contributed by atoms with Gasteiger partial charge in [0.15, 0.2) is 5.78 Å². The lowest BCUT2D eigenvalue weighted by atomic mass is 9.88. The van der Waals surface area contributed by atoms with E-state index in [4.69, 9.17) is 5.26 Å². The standard InChI is InChI=1S/C29H21N5O2/c1-33-27(19-24(35)22-15-13-21(20-30)14-16-22)34(23-9-3-2-4-10-23)28(36)29(33,25-11-5-7-17-31-25)26-12-6-8-18-32-26/h2-19H,1H3. The number of hydrogen-bond acceptors (Lipinski definition) is 6. The predicted molar refractivity (Wildman–Crippen MR) is 135 cm³/mol. The molecule has 1 fully saturated rings. The molecule has 2 aromatic carbocycles. The molecule has 4 aromatic rings. The zero-order valence-electron chi connectivity index (χ0n) is 19.4. The highest BCUT2D eigenvalue weighted by atomic mass is 16.2. The molecule has 5 rings (SSSR count). The molecule has 0 aliphatic carbocycles. The van der Waals surface area contributed by atoms with Crippen molar-refractivity contribution in [1.29, 1.82) is 5.26 Å². The molecule has 0 bridgehead atoms. The van der Waals surface area contributed by atoms with Gasteiger partial charge in [-0.15, -0.1) is 0 Å². The number of nitrogens with zero attached hydrogens (tertiary/aromatic N) is 5. The number of pyridine rings is 2. The fraction of sp³-hybridized carbons (Fsp3) is 0.0690. The van der Waals surface area contributed by atoms with E-state index in [1.165, 1.54) is 11.0 Å². The molecule has 1 aliphatic heterocycles. The molecule has 0 atom stereocenters. The first-order valence-corrected chi connectivity index (χ1v) is 11.3. The van der Waals surface area contributed by atoms with E-state index in [0.717, 1.165) is 0 Å². The van der Waals surface area contributed by atoms with E-state index >= 15 is 0 Å². The Hall–Kier alpha value is -5.09. The third-order valence-electron chi connectivity index (χ3n) is 6.23. The number of nitriles is 1. The number of hydrogen-bond donors (Lipinski definition) is 0. The van der Waals surface area contributed by atoms with Crippen molar-refractivity contribution in [2.75, 3.05) is 11.9 Å². The van der Waals surface area contributed by atoms with E-state index in [2.05, 4.69) is 16.0 Å². The largest absolute Gasteiger partial charge is 0.336 e. The Kier molecular flexibility index (Phi) is 5.85. The first-order chi connectivity index (χ1) is 17.6. The Morgan fingerprint density at radius 1 is 0.861 bits per heavy atom. The maximum absolute atomic E-state index is 14.5. The van der Waals surface area contributed by atoms with Gasteiger partial charge in [-0.25, -0.2) is 0 Å². The van der Waals surface area contributed by atoms with Gasteiger partial charge in [-0.2, -0.15) is 5.26 Å². The van der Waals surface area contributed by atoms with Gasteiger partial charge in [0.1, 0.15) is 5.82 Å². The first kappa shape index (κ1) is 22.7. The molecular formula is C29H21N5O2. The number of carbonyl (C=O) groups excluding carboxylic acids is 2. The zero-order valence-corrected chi connectivity index (χ0v) is 19.4. The number of para-hydroxylation sites is 1. The molecular weight excluding hydrogens is 450 g/mol. The van der Waals surface area contributed by atoms with Crippen LogP contribution < -0.4 is 4.90 Å². The highest BCUT2D eigenvalue weighted by molar-refractivity contribution is 6.11. The van der Waals surface area contributed by atoms with Crippen LogP contribution in [-0.2, 0) is 10.3 Å². The minimum atomic E-state index is -1.39. The highest BCUT2D eigenvalue weighted by Gasteiger charge is 2.58. The lowest BCUT2D eigenvalue weighted by Gasteiger charge is -2.33. The summed E-state index contributed by atoms with van der Waals surface area (Å²) in [5.41, 5.74) is 1.07. The number of likely N-dealkylation sites (N-methyl/N-ethyl adjacent to an activating group) is 1. The van der Waals surface area contributed by atoms with Crippen molar-refractivity contribution in [1.82, 2.24) is 14.9 Å². The summed E-state index contributed by atoms with van der Waals surface area (Å²) < 4.78 is 0. The van der Waals surface area contributed by atoms with E-state index in [1.807, 2.05) is 42.5 Å². The topological polar surface area (TPSA) is 90.2 Å².